The molecule has 0 saturated heterocycles. The summed E-state index contributed by atoms with van der Waals surface area (Å²) in [6.07, 6.45) is 8.76. The van der Waals surface area contributed by atoms with Crippen LogP contribution >= 0.6 is 0 Å². The Kier molecular flexibility index (Phi) is 4.47. The highest BCUT2D eigenvalue weighted by molar-refractivity contribution is 5.29. The van der Waals surface area contributed by atoms with Crippen LogP contribution < -0.4 is 10.1 Å². The van der Waals surface area contributed by atoms with Gasteiger partial charge in [-0.15, -0.1) is 0 Å². The first-order chi connectivity index (χ1) is 13.2. The van der Waals surface area contributed by atoms with Crippen molar-refractivity contribution in [2.24, 2.45) is 17.8 Å². The van der Waals surface area contributed by atoms with E-state index in [4.69, 9.17) is 4.74 Å². The van der Waals surface area contributed by atoms with Crippen LogP contribution in [0.2, 0.25) is 0 Å². The second kappa shape index (κ2) is 6.98. The summed E-state index contributed by atoms with van der Waals surface area (Å²) in [5, 5.41) is 3.99. The summed E-state index contributed by atoms with van der Waals surface area (Å²) < 4.78 is 5.99. The molecule has 27 heavy (non-hydrogen) atoms. The molecule has 0 unspecified atom stereocenters. The quantitative estimate of drug-likeness (QED) is 0.720. The number of rotatable bonds is 6. The Morgan fingerprint density at radius 1 is 0.889 bits per heavy atom. The molecule has 2 aromatic rings. The zero-order valence-corrected chi connectivity index (χ0v) is 16.4. The number of ether oxygens (including phenoxy) is 1. The third-order valence-corrected chi connectivity index (χ3v) is 7.28. The van der Waals surface area contributed by atoms with Crippen molar-refractivity contribution in [1.82, 2.24) is 5.32 Å². The van der Waals surface area contributed by atoms with Crippen molar-refractivity contribution in [2.75, 3.05) is 0 Å². The van der Waals surface area contributed by atoms with Gasteiger partial charge in [-0.25, -0.2) is 0 Å². The Bertz CT molecular complexity index is 759. The molecule has 2 nitrogen and oxygen atoms in total. The fourth-order valence-electron chi connectivity index (χ4n) is 6.25. The third kappa shape index (κ3) is 3.65. The second-order valence-electron chi connectivity index (χ2n) is 9.41. The van der Waals surface area contributed by atoms with Gasteiger partial charge in [-0.1, -0.05) is 36.4 Å². The highest BCUT2D eigenvalue weighted by Gasteiger charge is 2.50. The van der Waals surface area contributed by atoms with Gasteiger partial charge in [0.15, 0.2) is 0 Å². The maximum atomic E-state index is 5.99. The Hall–Kier alpha value is -1.80. The summed E-state index contributed by atoms with van der Waals surface area (Å²) in [4.78, 5) is 0. The van der Waals surface area contributed by atoms with Gasteiger partial charge in [0.05, 0.1) is 0 Å². The van der Waals surface area contributed by atoms with E-state index in [0.717, 1.165) is 30.0 Å². The van der Waals surface area contributed by atoms with Crippen LogP contribution in [0.25, 0.3) is 0 Å². The Balaban J connectivity index is 1.17. The summed E-state index contributed by atoms with van der Waals surface area (Å²) in [6.45, 7) is 3.76. The van der Waals surface area contributed by atoms with Crippen LogP contribution in [0.3, 0.4) is 0 Å². The van der Waals surface area contributed by atoms with Gasteiger partial charge in [-0.3, -0.25) is 0 Å². The maximum absolute atomic E-state index is 5.99. The predicted molar refractivity (Wildman–Crippen MR) is 110 cm³/mol. The second-order valence-corrected chi connectivity index (χ2v) is 9.41. The molecule has 142 valence electrons. The van der Waals surface area contributed by atoms with Crippen molar-refractivity contribution in [3.8, 4) is 5.75 Å². The maximum Gasteiger partial charge on any atom is 0.119 e. The summed E-state index contributed by atoms with van der Waals surface area (Å²) in [6, 6.07) is 17.1. The molecule has 0 amide bonds. The molecule has 0 aromatic heterocycles. The average molecular weight is 362 g/mol. The van der Waals surface area contributed by atoms with Crippen molar-refractivity contribution in [3.05, 3.63) is 65.2 Å². The van der Waals surface area contributed by atoms with Gasteiger partial charge in [-0.05, 0) is 92.0 Å². The highest BCUT2D eigenvalue weighted by Crippen LogP contribution is 2.55. The molecule has 2 aromatic carbocycles. The lowest BCUT2D eigenvalue weighted by molar-refractivity contribution is -0.0206. The zero-order chi connectivity index (χ0) is 18.3. The van der Waals surface area contributed by atoms with E-state index < -0.39 is 0 Å². The van der Waals surface area contributed by atoms with Crippen LogP contribution in [0.15, 0.2) is 48.5 Å². The molecule has 0 spiro atoms. The molecule has 4 aliphatic rings. The van der Waals surface area contributed by atoms with Crippen LogP contribution in [0, 0.1) is 24.7 Å². The van der Waals surface area contributed by atoms with Gasteiger partial charge in [0.25, 0.3) is 0 Å². The monoisotopic (exact) mass is 361 g/mol. The molecule has 0 radical (unpaired) electrons. The van der Waals surface area contributed by atoms with Crippen LogP contribution in [0.5, 0.6) is 5.75 Å². The first-order valence-corrected chi connectivity index (χ1v) is 10.7. The molecule has 2 heteroatoms. The van der Waals surface area contributed by atoms with E-state index in [9.17, 15) is 0 Å². The molecule has 1 N–H and O–H groups in total. The van der Waals surface area contributed by atoms with E-state index in [-0.39, 0.29) is 0 Å². The molecule has 0 heterocycles. The molecular weight excluding hydrogens is 330 g/mol. The minimum absolute atomic E-state index is 0.439. The summed E-state index contributed by atoms with van der Waals surface area (Å²) in [7, 11) is 0. The van der Waals surface area contributed by atoms with Crippen LogP contribution in [-0.2, 0) is 13.2 Å². The van der Waals surface area contributed by atoms with Crippen molar-refractivity contribution in [1.29, 1.82) is 0 Å². The fraction of sp³-hybridized carbons (Fsp3) is 0.520. The van der Waals surface area contributed by atoms with Crippen LogP contribution in [0.4, 0.5) is 0 Å². The van der Waals surface area contributed by atoms with Crippen molar-refractivity contribution >= 4 is 0 Å². The molecule has 4 fully saturated rings. The summed E-state index contributed by atoms with van der Waals surface area (Å²) >= 11 is 0. The molecule has 6 rings (SSSR count). The number of aryl methyl sites for hydroxylation is 1. The minimum atomic E-state index is 0.439. The van der Waals surface area contributed by atoms with Crippen LogP contribution in [-0.4, -0.2) is 5.54 Å². The fourth-order valence-corrected chi connectivity index (χ4v) is 6.25. The van der Waals surface area contributed by atoms with Crippen LogP contribution in [0.1, 0.15) is 55.2 Å². The Morgan fingerprint density at radius 3 is 2.15 bits per heavy atom. The lowest BCUT2D eigenvalue weighted by Crippen LogP contribution is -2.58. The van der Waals surface area contributed by atoms with Gasteiger partial charge in [0, 0.05) is 12.1 Å². The zero-order valence-electron chi connectivity index (χ0n) is 16.4. The molecule has 4 saturated carbocycles. The van der Waals surface area contributed by atoms with E-state index in [2.05, 4.69) is 60.8 Å². The van der Waals surface area contributed by atoms with Crippen molar-refractivity contribution in [2.45, 2.75) is 64.1 Å². The number of hydrogen-bond donors (Lipinski definition) is 1. The van der Waals surface area contributed by atoms with E-state index in [0.29, 0.717) is 12.1 Å². The lowest BCUT2D eigenvalue weighted by atomic mass is 9.53. The number of nitrogens with one attached hydrogen (secondary N) is 1. The predicted octanol–water partition coefficient (Wildman–Crippen LogP) is 5.63. The molecule has 0 aliphatic heterocycles. The molecule has 0 atom stereocenters. The SMILES string of the molecule is Cc1ccccc1COc1ccc(CNC23CC4CC(CC(C4)C2)C3)cc1. The number of benzene rings is 2. The molecular formula is C25H31NO. The van der Waals surface area contributed by atoms with E-state index in [1.807, 2.05) is 0 Å². The van der Waals surface area contributed by atoms with E-state index >= 15 is 0 Å². The van der Waals surface area contributed by atoms with E-state index in [1.54, 1.807) is 0 Å². The molecule has 4 bridgehead atoms. The Labute approximate surface area is 163 Å². The van der Waals surface area contributed by atoms with Gasteiger partial charge in [-0.2, -0.15) is 0 Å². The topological polar surface area (TPSA) is 21.3 Å². The van der Waals surface area contributed by atoms with Crippen molar-refractivity contribution < 1.29 is 4.74 Å². The minimum Gasteiger partial charge on any atom is -0.489 e. The normalized spacial score (nSPS) is 31.2. The van der Waals surface area contributed by atoms with Crippen molar-refractivity contribution in [3.63, 3.8) is 0 Å². The standard InChI is InChI=1S/C25H31NO/c1-18-4-2-3-5-23(18)17-27-24-8-6-19(7-9-24)16-26-25-13-20-10-21(14-25)12-22(11-20)15-25/h2-9,20-22,26H,10-17H2,1H3. The van der Waals surface area contributed by atoms with E-state index in [1.165, 1.54) is 55.2 Å². The third-order valence-electron chi connectivity index (χ3n) is 7.28. The smallest absolute Gasteiger partial charge is 0.119 e. The largest absolute Gasteiger partial charge is 0.489 e. The number of hydrogen-bond acceptors (Lipinski definition) is 2. The van der Waals surface area contributed by atoms with Gasteiger partial charge in [0.1, 0.15) is 12.4 Å². The van der Waals surface area contributed by atoms with Gasteiger partial charge in [0.2, 0.25) is 0 Å². The highest BCUT2D eigenvalue weighted by atomic mass is 16.5. The lowest BCUT2D eigenvalue weighted by Gasteiger charge is -2.57. The Morgan fingerprint density at radius 2 is 1.52 bits per heavy atom. The average Bonchev–Trinajstić information content (AvgIpc) is 2.66. The molecule has 4 aliphatic carbocycles. The van der Waals surface area contributed by atoms with Gasteiger partial charge >= 0.3 is 0 Å². The summed E-state index contributed by atoms with van der Waals surface area (Å²) in [5.74, 6) is 3.96. The first kappa shape index (κ1) is 17.3. The summed E-state index contributed by atoms with van der Waals surface area (Å²) in [5.41, 5.74) is 4.35. The van der Waals surface area contributed by atoms with Gasteiger partial charge < -0.3 is 10.1 Å². The first-order valence-electron chi connectivity index (χ1n) is 10.7.